The predicted molar refractivity (Wildman–Crippen MR) is 60.6 cm³/mol. The molecule has 0 heterocycles. The Kier molecular flexibility index (Phi) is 3.61. The van der Waals surface area contributed by atoms with Crippen LogP contribution in [-0.2, 0) is 0 Å². The molecule has 15 heavy (non-hydrogen) atoms. The summed E-state index contributed by atoms with van der Waals surface area (Å²) in [5.41, 5.74) is 0.0624. The highest BCUT2D eigenvalue weighted by Gasteiger charge is 2.15. The van der Waals surface area contributed by atoms with Crippen LogP contribution in [0.3, 0.4) is 0 Å². The smallest absolute Gasteiger partial charge is 0.175 e. The van der Waals surface area contributed by atoms with E-state index in [0.717, 1.165) is 5.06 Å². The zero-order valence-corrected chi connectivity index (χ0v) is 9.36. The first kappa shape index (κ1) is 11.9. The number of nitrogens with zero attached hydrogens (tertiary/aromatic N) is 1. The first-order valence-corrected chi connectivity index (χ1v) is 4.94. The van der Waals surface area contributed by atoms with E-state index in [-0.39, 0.29) is 12.3 Å². The Labute approximate surface area is 90.3 Å². The fourth-order valence-electron chi connectivity index (χ4n) is 1.08. The van der Waals surface area contributed by atoms with Crippen molar-refractivity contribution in [3.05, 3.63) is 41.1 Å². The van der Waals surface area contributed by atoms with Crippen molar-refractivity contribution in [2.45, 2.75) is 26.3 Å². The van der Waals surface area contributed by atoms with Crippen LogP contribution in [0.2, 0.25) is 0 Å². The molecule has 0 saturated heterocycles. The maximum atomic E-state index is 11.7. The summed E-state index contributed by atoms with van der Waals surface area (Å²) >= 11 is 0. The number of ketones is 1. The van der Waals surface area contributed by atoms with Gasteiger partial charge in [0.2, 0.25) is 0 Å². The zero-order chi connectivity index (χ0) is 11.5. The fourth-order valence-corrected chi connectivity index (χ4v) is 1.08. The summed E-state index contributed by atoms with van der Waals surface area (Å²) in [6.45, 7) is 5.28. The number of hydroxylamine groups is 2. The van der Waals surface area contributed by atoms with Gasteiger partial charge in [0.1, 0.15) is 0 Å². The van der Waals surface area contributed by atoms with Gasteiger partial charge < -0.3 is 10.3 Å². The molecule has 0 aliphatic carbocycles. The Morgan fingerprint density at radius 2 is 1.80 bits per heavy atom. The molecule has 0 amide bonds. The lowest BCUT2D eigenvalue weighted by atomic mass is 10.1. The van der Waals surface area contributed by atoms with Crippen molar-refractivity contribution >= 4 is 5.78 Å². The Morgan fingerprint density at radius 1 is 1.27 bits per heavy atom. The molecule has 0 unspecified atom stereocenters. The van der Waals surface area contributed by atoms with Crippen LogP contribution in [0, 0.1) is 5.21 Å². The van der Waals surface area contributed by atoms with E-state index in [9.17, 15) is 10.0 Å². The lowest BCUT2D eigenvalue weighted by molar-refractivity contribution is 0.0903. The second-order valence-corrected chi connectivity index (χ2v) is 4.50. The summed E-state index contributed by atoms with van der Waals surface area (Å²) < 4.78 is 0. The Bertz CT molecular complexity index is 327. The number of hydrogen-bond donors (Lipinski definition) is 0. The van der Waals surface area contributed by atoms with E-state index in [4.69, 9.17) is 0 Å². The second kappa shape index (κ2) is 4.55. The highest BCUT2D eigenvalue weighted by atomic mass is 16.5. The minimum absolute atomic E-state index is 0.0898. The van der Waals surface area contributed by atoms with E-state index < -0.39 is 5.54 Å². The molecule has 0 aromatic heterocycles. The van der Waals surface area contributed by atoms with Crippen LogP contribution in [0.1, 0.15) is 31.1 Å². The van der Waals surface area contributed by atoms with Crippen molar-refractivity contribution in [2.24, 2.45) is 0 Å². The Balaban J connectivity index is 2.65. The topological polar surface area (TPSA) is 43.4 Å². The van der Waals surface area contributed by atoms with Crippen molar-refractivity contribution in [1.29, 1.82) is 0 Å². The highest BCUT2D eigenvalue weighted by Crippen LogP contribution is 2.12. The van der Waals surface area contributed by atoms with Gasteiger partial charge in [0, 0.05) is 11.1 Å². The molecular weight excluding hydrogens is 190 g/mol. The molecule has 0 bridgehead atoms. The number of Topliss-reactive ketones (excluding diaryl/α,β-unsaturated/α-hetero) is 1. The molecule has 82 valence electrons. The largest absolute Gasteiger partial charge is 0.784 e. The molecular formula is C12H16NO2-. The fraction of sp³-hybridized carbons (Fsp3) is 0.417. The molecule has 0 spiro atoms. The number of hydrogen-bond acceptors (Lipinski definition) is 3. The monoisotopic (exact) mass is 206 g/mol. The Hall–Kier alpha value is -1.19. The standard InChI is InChI=1S/C12H16NO2/c1-12(2,3)13(15)9-11(14)10-7-5-4-6-8-10/h4-8H,9H2,1-3H3/q-1. The molecule has 0 aliphatic rings. The van der Waals surface area contributed by atoms with Crippen LogP contribution in [0.5, 0.6) is 0 Å². The third-order valence-corrected chi connectivity index (χ3v) is 2.13. The predicted octanol–water partition coefficient (Wildman–Crippen LogP) is 2.47. The molecule has 0 radical (unpaired) electrons. The Morgan fingerprint density at radius 3 is 2.27 bits per heavy atom. The van der Waals surface area contributed by atoms with Crippen molar-refractivity contribution in [2.75, 3.05) is 6.54 Å². The van der Waals surface area contributed by atoms with Gasteiger partial charge in [-0.25, -0.2) is 0 Å². The summed E-state index contributed by atoms with van der Waals surface area (Å²) in [6.07, 6.45) is 0. The van der Waals surface area contributed by atoms with Crippen molar-refractivity contribution in [1.82, 2.24) is 5.06 Å². The van der Waals surface area contributed by atoms with Crippen LogP contribution in [0.15, 0.2) is 30.3 Å². The molecule has 3 nitrogen and oxygen atoms in total. The number of benzene rings is 1. The molecule has 0 N–H and O–H groups in total. The third-order valence-electron chi connectivity index (χ3n) is 2.13. The number of carbonyl (C=O) groups is 1. The first-order valence-electron chi connectivity index (χ1n) is 4.94. The van der Waals surface area contributed by atoms with Crippen molar-refractivity contribution < 1.29 is 4.79 Å². The van der Waals surface area contributed by atoms with Gasteiger partial charge in [0.05, 0.1) is 6.54 Å². The summed E-state index contributed by atoms with van der Waals surface area (Å²) in [4.78, 5) is 11.7. The van der Waals surface area contributed by atoms with Crippen LogP contribution >= 0.6 is 0 Å². The van der Waals surface area contributed by atoms with Gasteiger partial charge in [-0.05, 0) is 20.8 Å². The van der Waals surface area contributed by atoms with Crippen LogP contribution < -0.4 is 0 Å². The quantitative estimate of drug-likeness (QED) is 0.563. The van der Waals surface area contributed by atoms with E-state index in [2.05, 4.69) is 0 Å². The van der Waals surface area contributed by atoms with Gasteiger partial charge >= 0.3 is 0 Å². The lowest BCUT2D eigenvalue weighted by Gasteiger charge is -2.40. The molecule has 1 rings (SSSR count). The molecule has 0 fully saturated rings. The van der Waals surface area contributed by atoms with Gasteiger partial charge in [0.25, 0.3) is 0 Å². The van der Waals surface area contributed by atoms with E-state index in [1.165, 1.54) is 0 Å². The van der Waals surface area contributed by atoms with Gasteiger partial charge in [-0.1, -0.05) is 30.3 Å². The normalized spacial score (nSPS) is 11.8. The average molecular weight is 206 g/mol. The molecule has 0 aliphatic heterocycles. The summed E-state index contributed by atoms with van der Waals surface area (Å²) in [7, 11) is 0. The van der Waals surface area contributed by atoms with Gasteiger partial charge in [-0.2, -0.15) is 0 Å². The lowest BCUT2D eigenvalue weighted by Crippen LogP contribution is -2.39. The zero-order valence-electron chi connectivity index (χ0n) is 9.36. The third kappa shape index (κ3) is 3.46. The molecule has 0 saturated carbocycles. The van der Waals surface area contributed by atoms with E-state index >= 15 is 0 Å². The van der Waals surface area contributed by atoms with Crippen LogP contribution in [-0.4, -0.2) is 22.9 Å². The summed E-state index contributed by atoms with van der Waals surface area (Å²) in [5, 5.41) is 12.4. The average Bonchev–Trinajstić information content (AvgIpc) is 2.17. The van der Waals surface area contributed by atoms with Crippen LogP contribution in [0.25, 0.3) is 0 Å². The van der Waals surface area contributed by atoms with Crippen molar-refractivity contribution in [3.8, 4) is 0 Å². The van der Waals surface area contributed by atoms with Crippen molar-refractivity contribution in [3.63, 3.8) is 0 Å². The summed E-state index contributed by atoms with van der Waals surface area (Å²) in [6, 6.07) is 8.87. The maximum absolute atomic E-state index is 11.7. The van der Waals surface area contributed by atoms with Crippen LogP contribution in [0.4, 0.5) is 0 Å². The molecule has 1 aromatic rings. The number of rotatable bonds is 3. The molecule has 3 heteroatoms. The SMILES string of the molecule is CC(C)(C)N([O-])CC(=O)c1ccccc1. The van der Waals surface area contributed by atoms with E-state index in [1.807, 2.05) is 6.07 Å². The molecule has 0 atom stereocenters. The number of carbonyl (C=O) groups excluding carboxylic acids is 1. The first-order chi connectivity index (χ1) is 6.91. The van der Waals surface area contributed by atoms with Gasteiger partial charge in [0.15, 0.2) is 5.78 Å². The van der Waals surface area contributed by atoms with E-state index in [0.29, 0.717) is 5.56 Å². The van der Waals surface area contributed by atoms with Gasteiger partial charge in [-0.15, -0.1) is 0 Å². The molecule has 1 aromatic carbocycles. The summed E-state index contributed by atoms with van der Waals surface area (Å²) in [5.74, 6) is -0.138. The minimum Gasteiger partial charge on any atom is -0.784 e. The van der Waals surface area contributed by atoms with Gasteiger partial charge in [-0.3, -0.25) is 4.79 Å². The second-order valence-electron chi connectivity index (χ2n) is 4.50. The highest BCUT2D eigenvalue weighted by molar-refractivity contribution is 5.97. The van der Waals surface area contributed by atoms with E-state index in [1.54, 1.807) is 45.0 Å². The minimum atomic E-state index is -0.523. The maximum Gasteiger partial charge on any atom is 0.175 e.